The molecule has 0 aromatic heterocycles. The van der Waals surface area contributed by atoms with Crippen molar-refractivity contribution < 1.29 is 14.7 Å². The van der Waals surface area contributed by atoms with E-state index in [0.717, 1.165) is 32.5 Å². The standard InChI is InChI=1S/C14H24N2O3/c17-12(5-10-16-8-3-4-9-16)15-11-14(13(18)19)6-1-2-7-14/h1-11H2,(H,15,17)(H,18,19). The predicted octanol–water partition coefficient (Wildman–Crippen LogP) is 1.23. The molecule has 19 heavy (non-hydrogen) atoms. The minimum atomic E-state index is -0.759. The molecule has 0 radical (unpaired) electrons. The Morgan fingerprint density at radius 2 is 1.74 bits per heavy atom. The number of nitrogens with one attached hydrogen (secondary N) is 1. The van der Waals surface area contributed by atoms with E-state index in [1.54, 1.807) is 0 Å². The van der Waals surface area contributed by atoms with Crippen LogP contribution in [0, 0.1) is 5.41 Å². The lowest BCUT2D eigenvalue weighted by atomic mass is 9.86. The van der Waals surface area contributed by atoms with Crippen LogP contribution in [-0.2, 0) is 9.59 Å². The molecule has 5 nitrogen and oxygen atoms in total. The van der Waals surface area contributed by atoms with E-state index in [4.69, 9.17) is 0 Å². The lowest BCUT2D eigenvalue weighted by Gasteiger charge is -2.24. The fourth-order valence-corrected chi connectivity index (χ4v) is 3.14. The number of hydrogen-bond acceptors (Lipinski definition) is 3. The van der Waals surface area contributed by atoms with Crippen LogP contribution in [0.2, 0.25) is 0 Å². The van der Waals surface area contributed by atoms with Gasteiger partial charge in [-0.15, -0.1) is 0 Å². The summed E-state index contributed by atoms with van der Waals surface area (Å²) >= 11 is 0. The Balaban J connectivity index is 1.71. The zero-order valence-electron chi connectivity index (χ0n) is 11.5. The summed E-state index contributed by atoms with van der Waals surface area (Å²) in [6.45, 7) is 3.27. The summed E-state index contributed by atoms with van der Waals surface area (Å²) in [5, 5.41) is 12.1. The fourth-order valence-electron chi connectivity index (χ4n) is 3.14. The topological polar surface area (TPSA) is 69.6 Å². The molecule has 0 atom stereocenters. The minimum Gasteiger partial charge on any atom is -0.481 e. The normalized spacial score (nSPS) is 22.5. The van der Waals surface area contributed by atoms with E-state index >= 15 is 0 Å². The van der Waals surface area contributed by atoms with Gasteiger partial charge in [0.1, 0.15) is 0 Å². The maximum atomic E-state index is 11.8. The zero-order chi connectivity index (χ0) is 13.7. The highest BCUT2D eigenvalue weighted by Crippen LogP contribution is 2.37. The molecule has 5 heteroatoms. The zero-order valence-corrected chi connectivity index (χ0v) is 11.5. The van der Waals surface area contributed by atoms with E-state index in [1.165, 1.54) is 12.8 Å². The van der Waals surface area contributed by atoms with Crippen LogP contribution < -0.4 is 5.32 Å². The highest BCUT2D eigenvalue weighted by atomic mass is 16.4. The molecule has 1 saturated carbocycles. The smallest absolute Gasteiger partial charge is 0.311 e. The quantitative estimate of drug-likeness (QED) is 0.760. The van der Waals surface area contributed by atoms with Crippen molar-refractivity contribution in [1.82, 2.24) is 10.2 Å². The van der Waals surface area contributed by atoms with E-state index < -0.39 is 11.4 Å². The molecule has 1 aliphatic heterocycles. The molecule has 2 aliphatic rings. The lowest BCUT2D eigenvalue weighted by molar-refractivity contribution is -0.148. The Morgan fingerprint density at radius 3 is 2.32 bits per heavy atom. The molecule has 1 heterocycles. The Kier molecular flexibility index (Phi) is 4.80. The number of hydrogen-bond donors (Lipinski definition) is 2. The predicted molar refractivity (Wildman–Crippen MR) is 71.8 cm³/mol. The van der Waals surface area contributed by atoms with Crippen molar-refractivity contribution in [1.29, 1.82) is 0 Å². The summed E-state index contributed by atoms with van der Waals surface area (Å²) in [4.78, 5) is 25.4. The van der Waals surface area contributed by atoms with Crippen LogP contribution in [-0.4, -0.2) is 48.1 Å². The first-order chi connectivity index (χ1) is 9.12. The van der Waals surface area contributed by atoms with Crippen molar-refractivity contribution in [3.05, 3.63) is 0 Å². The molecule has 1 saturated heterocycles. The SMILES string of the molecule is O=C(CCN1CCCC1)NCC1(C(=O)O)CCCC1. The third-order valence-corrected chi connectivity index (χ3v) is 4.49. The van der Waals surface area contributed by atoms with Gasteiger partial charge in [-0.05, 0) is 38.8 Å². The van der Waals surface area contributed by atoms with E-state index in [9.17, 15) is 14.7 Å². The molecular formula is C14H24N2O3. The van der Waals surface area contributed by atoms with Crippen molar-refractivity contribution in [3.8, 4) is 0 Å². The molecule has 108 valence electrons. The Morgan fingerprint density at radius 1 is 1.11 bits per heavy atom. The number of aliphatic carboxylic acids is 1. The number of carbonyl (C=O) groups is 2. The van der Waals surface area contributed by atoms with Gasteiger partial charge in [0.25, 0.3) is 0 Å². The third kappa shape index (κ3) is 3.69. The van der Waals surface area contributed by atoms with Crippen molar-refractivity contribution in [3.63, 3.8) is 0 Å². The number of likely N-dealkylation sites (tertiary alicyclic amines) is 1. The number of carbonyl (C=O) groups excluding carboxylic acids is 1. The van der Waals surface area contributed by atoms with Crippen LogP contribution >= 0.6 is 0 Å². The van der Waals surface area contributed by atoms with Gasteiger partial charge in [-0.25, -0.2) is 0 Å². The average Bonchev–Trinajstić information content (AvgIpc) is 3.05. The van der Waals surface area contributed by atoms with Crippen LogP contribution in [0.4, 0.5) is 0 Å². The third-order valence-electron chi connectivity index (χ3n) is 4.49. The molecule has 0 unspecified atom stereocenters. The molecule has 1 amide bonds. The van der Waals surface area contributed by atoms with E-state index in [-0.39, 0.29) is 5.91 Å². The highest BCUT2D eigenvalue weighted by molar-refractivity contribution is 5.79. The van der Waals surface area contributed by atoms with Crippen LogP contribution in [0.25, 0.3) is 0 Å². The van der Waals surface area contributed by atoms with Crippen LogP contribution in [0.15, 0.2) is 0 Å². The summed E-state index contributed by atoms with van der Waals surface area (Å²) in [5.74, 6) is -0.774. The van der Waals surface area contributed by atoms with E-state index in [0.29, 0.717) is 25.8 Å². The molecule has 0 bridgehead atoms. The molecular weight excluding hydrogens is 244 g/mol. The second kappa shape index (κ2) is 6.37. The van der Waals surface area contributed by atoms with Crippen LogP contribution in [0.3, 0.4) is 0 Å². The van der Waals surface area contributed by atoms with Gasteiger partial charge in [0.15, 0.2) is 0 Å². The maximum Gasteiger partial charge on any atom is 0.311 e. The Bertz CT molecular complexity index is 332. The molecule has 2 N–H and O–H groups in total. The highest BCUT2D eigenvalue weighted by Gasteiger charge is 2.41. The van der Waals surface area contributed by atoms with Crippen molar-refractivity contribution >= 4 is 11.9 Å². The lowest BCUT2D eigenvalue weighted by Crippen LogP contribution is -2.42. The molecule has 1 aliphatic carbocycles. The van der Waals surface area contributed by atoms with Gasteiger partial charge >= 0.3 is 5.97 Å². The van der Waals surface area contributed by atoms with Gasteiger partial charge in [0.05, 0.1) is 5.41 Å². The van der Waals surface area contributed by atoms with Crippen LogP contribution in [0.5, 0.6) is 0 Å². The Hall–Kier alpha value is -1.10. The summed E-state index contributed by atoms with van der Waals surface area (Å²) in [6, 6.07) is 0. The average molecular weight is 268 g/mol. The number of nitrogens with zero attached hydrogens (tertiary/aromatic N) is 1. The fraction of sp³-hybridized carbons (Fsp3) is 0.857. The number of amides is 1. The summed E-state index contributed by atoms with van der Waals surface area (Å²) < 4.78 is 0. The van der Waals surface area contributed by atoms with Gasteiger partial charge in [-0.3, -0.25) is 9.59 Å². The first kappa shape index (κ1) is 14.3. The summed E-state index contributed by atoms with van der Waals surface area (Å²) in [7, 11) is 0. The van der Waals surface area contributed by atoms with Gasteiger partial charge in [0.2, 0.25) is 5.91 Å². The Labute approximate surface area is 114 Å². The van der Waals surface area contributed by atoms with Gasteiger partial charge in [-0.2, -0.15) is 0 Å². The first-order valence-electron chi connectivity index (χ1n) is 7.35. The number of carboxylic acids is 1. The monoisotopic (exact) mass is 268 g/mol. The van der Waals surface area contributed by atoms with Crippen LogP contribution in [0.1, 0.15) is 44.9 Å². The minimum absolute atomic E-state index is 0.0144. The molecule has 0 spiro atoms. The second-order valence-electron chi connectivity index (χ2n) is 5.87. The van der Waals surface area contributed by atoms with Gasteiger partial charge < -0.3 is 15.3 Å². The number of rotatable bonds is 6. The van der Waals surface area contributed by atoms with Gasteiger partial charge in [-0.1, -0.05) is 12.8 Å². The van der Waals surface area contributed by atoms with Gasteiger partial charge in [0, 0.05) is 19.5 Å². The maximum absolute atomic E-state index is 11.8. The van der Waals surface area contributed by atoms with Crippen molar-refractivity contribution in [2.24, 2.45) is 5.41 Å². The molecule has 2 fully saturated rings. The molecule has 0 aromatic rings. The molecule has 2 rings (SSSR count). The summed E-state index contributed by atoms with van der Waals surface area (Å²) in [5.41, 5.74) is -0.705. The molecule has 0 aromatic carbocycles. The second-order valence-corrected chi connectivity index (χ2v) is 5.87. The van der Waals surface area contributed by atoms with E-state index in [2.05, 4.69) is 10.2 Å². The largest absolute Gasteiger partial charge is 0.481 e. The van der Waals surface area contributed by atoms with E-state index in [1.807, 2.05) is 0 Å². The first-order valence-corrected chi connectivity index (χ1v) is 7.35. The number of carboxylic acid groups (broad SMARTS) is 1. The van der Waals surface area contributed by atoms with Crippen molar-refractivity contribution in [2.75, 3.05) is 26.2 Å². The van der Waals surface area contributed by atoms with Crippen molar-refractivity contribution in [2.45, 2.75) is 44.9 Å². The summed E-state index contributed by atoms with van der Waals surface area (Å²) in [6.07, 6.45) is 6.22.